The molecule has 0 aliphatic rings. The number of nitrogens with zero attached hydrogens (tertiary/aromatic N) is 6. The number of hydrogen-bond donors (Lipinski definition) is 0. The minimum atomic E-state index is -0.499. The molecule has 0 fully saturated rings. The number of carbonyl (C=O) groups excluding carboxylic acids is 2. The summed E-state index contributed by atoms with van der Waals surface area (Å²) >= 11 is 0. The van der Waals surface area contributed by atoms with Gasteiger partial charge in [-0.25, -0.2) is 9.59 Å². The lowest BCUT2D eigenvalue weighted by molar-refractivity contribution is -0.129. The second kappa shape index (κ2) is 25.3. The molecule has 10 aromatic carbocycles. The van der Waals surface area contributed by atoms with E-state index in [1.165, 1.54) is 0 Å². The molecule has 0 aromatic heterocycles. The monoisotopic (exact) mass is 1070 g/mol. The molecule has 0 spiro atoms. The molecule has 10 aromatic rings. The number of esters is 2. The Balaban J connectivity index is 0.957. The molecular weight excluding hydrogens is 1010 g/mol. The number of rotatable bonds is 19. The van der Waals surface area contributed by atoms with Gasteiger partial charge < -0.3 is 19.3 Å². The topological polar surface area (TPSA) is 90.3 Å². The number of hydrazone groups is 2. The standard InChI is InChI=1S/C72H60N6O4/c1-7-71(79)81-67-41-27-57(28-42-67)55-23-37-65(38-24-55)77(63-33-19-53(20-34-63)49-73-75(5)61-15-11-9-12-16-61)69-45-31-59(47-51(69)3)60-32-46-70(52(4)48-60)78(64-35-21-54(22-36-64)50-74-76(6)62-17-13-10-14-18-62)66-39-25-56(26-40-66)58-29-43-68(44-30-58)82-72(80)8-2/h7-50H,1-2H2,3-6H3/b73-49-,74-50-. The molecule has 0 aliphatic heterocycles. The highest BCUT2D eigenvalue weighted by Crippen LogP contribution is 2.42. The van der Waals surface area contributed by atoms with Crippen molar-refractivity contribution in [3.8, 4) is 44.9 Å². The molecule has 10 rings (SSSR count). The van der Waals surface area contributed by atoms with Crippen molar-refractivity contribution in [2.24, 2.45) is 10.2 Å². The summed E-state index contributed by atoms with van der Waals surface area (Å²) in [5.41, 5.74) is 18.3. The minimum Gasteiger partial charge on any atom is -0.423 e. The van der Waals surface area contributed by atoms with Crippen molar-refractivity contribution >= 4 is 69.9 Å². The van der Waals surface area contributed by atoms with Crippen molar-refractivity contribution in [2.75, 3.05) is 33.9 Å². The Morgan fingerprint density at radius 1 is 0.366 bits per heavy atom. The Bertz CT molecular complexity index is 3640. The zero-order valence-electron chi connectivity index (χ0n) is 46.1. The molecule has 10 heteroatoms. The zero-order valence-corrected chi connectivity index (χ0v) is 46.1. The lowest BCUT2D eigenvalue weighted by Gasteiger charge is -2.28. The van der Waals surface area contributed by atoms with Gasteiger partial charge in [-0.15, -0.1) is 0 Å². The van der Waals surface area contributed by atoms with Crippen LogP contribution in [-0.2, 0) is 9.59 Å². The predicted octanol–water partition coefficient (Wildman–Crippen LogP) is 17.4. The maximum Gasteiger partial charge on any atom is 0.335 e. The van der Waals surface area contributed by atoms with Gasteiger partial charge in [-0.1, -0.05) is 134 Å². The fraction of sp³-hybridized carbons (Fsp3) is 0.0556. The first-order valence-corrected chi connectivity index (χ1v) is 26.8. The van der Waals surface area contributed by atoms with Gasteiger partial charge in [0.05, 0.1) is 23.8 Å². The molecular formula is C72H60N6O4. The summed E-state index contributed by atoms with van der Waals surface area (Å²) in [5, 5.41) is 13.1. The number of ether oxygens (including phenoxy) is 2. The highest BCUT2D eigenvalue weighted by Gasteiger charge is 2.19. The maximum absolute atomic E-state index is 11.8. The normalized spacial score (nSPS) is 11.0. The number of aryl methyl sites for hydroxylation is 2. The van der Waals surface area contributed by atoms with Gasteiger partial charge in [-0.2, -0.15) is 10.2 Å². The number of carbonyl (C=O) groups is 2. The molecule has 0 unspecified atom stereocenters. The minimum absolute atomic E-state index is 0.457. The fourth-order valence-corrected chi connectivity index (χ4v) is 9.52. The van der Waals surface area contributed by atoms with Crippen LogP contribution in [0.3, 0.4) is 0 Å². The number of anilines is 8. The van der Waals surface area contributed by atoms with Crippen molar-refractivity contribution in [1.82, 2.24) is 0 Å². The van der Waals surface area contributed by atoms with Crippen LogP contribution in [0, 0.1) is 13.8 Å². The van der Waals surface area contributed by atoms with Crippen LogP contribution in [0.1, 0.15) is 22.3 Å². The van der Waals surface area contributed by atoms with E-state index < -0.39 is 11.9 Å². The van der Waals surface area contributed by atoms with Crippen LogP contribution in [0.15, 0.2) is 278 Å². The SMILES string of the molecule is C=CC(=O)Oc1ccc(-c2ccc(N(c3ccc(/C=N\N(C)c4ccccc4)cc3)c3ccc(-c4ccc(N(c5ccc(/C=N\N(C)c6ccccc6)cc5)c5ccc(-c6ccc(OC(=O)C=C)cc6)cc5)c(C)c4)cc3C)cc2)cc1. The average molecular weight is 1070 g/mol. The summed E-state index contributed by atoms with van der Waals surface area (Å²) in [6.07, 6.45) is 6.04. The molecule has 0 saturated heterocycles. The first-order valence-electron chi connectivity index (χ1n) is 26.8. The molecule has 0 N–H and O–H groups in total. The second-order valence-corrected chi connectivity index (χ2v) is 19.5. The molecule has 0 radical (unpaired) electrons. The summed E-state index contributed by atoms with van der Waals surface area (Å²) in [4.78, 5) is 28.2. The van der Waals surface area contributed by atoms with Crippen molar-refractivity contribution in [3.05, 3.63) is 290 Å². The largest absolute Gasteiger partial charge is 0.423 e. The predicted molar refractivity (Wildman–Crippen MR) is 338 cm³/mol. The van der Waals surface area contributed by atoms with E-state index in [4.69, 9.17) is 19.7 Å². The van der Waals surface area contributed by atoms with Crippen LogP contribution in [0.5, 0.6) is 11.5 Å². The van der Waals surface area contributed by atoms with Crippen molar-refractivity contribution in [1.29, 1.82) is 0 Å². The third-order valence-electron chi connectivity index (χ3n) is 13.9. The van der Waals surface area contributed by atoms with Crippen molar-refractivity contribution in [2.45, 2.75) is 13.8 Å². The molecule has 82 heavy (non-hydrogen) atoms. The van der Waals surface area contributed by atoms with E-state index in [0.29, 0.717) is 11.5 Å². The van der Waals surface area contributed by atoms with Crippen molar-refractivity contribution < 1.29 is 19.1 Å². The van der Waals surface area contributed by atoms with Gasteiger partial charge in [0, 0.05) is 60.4 Å². The Morgan fingerprint density at radius 3 is 0.963 bits per heavy atom. The first-order chi connectivity index (χ1) is 40.0. The van der Waals surface area contributed by atoms with Gasteiger partial charge in [0.15, 0.2) is 0 Å². The third-order valence-corrected chi connectivity index (χ3v) is 13.9. The van der Waals surface area contributed by atoms with E-state index in [0.717, 1.165) is 113 Å². The average Bonchev–Trinajstić information content (AvgIpc) is 3.67. The molecule has 10 nitrogen and oxygen atoms in total. The Kier molecular flexibility index (Phi) is 16.8. The Hall–Kier alpha value is -10.8. The van der Waals surface area contributed by atoms with Gasteiger partial charge in [0.25, 0.3) is 0 Å². The van der Waals surface area contributed by atoms with Gasteiger partial charge in [0.1, 0.15) is 11.5 Å². The van der Waals surface area contributed by atoms with E-state index in [1.807, 2.05) is 121 Å². The van der Waals surface area contributed by atoms with Gasteiger partial charge >= 0.3 is 11.9 Å². The number of hydrogen-bond acceptors (Lipinski definition) is 10. The quantitative estimate of drug-likeness (QED) is 0.0260. The molecule has 0 bridgehead atoms. The van der Waals surface area contributed by atoms with Gasteiger partial charge in [0.2, 0.25) is 0 Å². The summed E-state index contributed by atoms with van der Waals surface area (Å²) in [7, 11) is 3.88. The highest BCUT2D eigenvalue weighted by molar-refractivity contribution is 5.88. The Labute approximate surface area is 479 Å². The molecule has 402 valence electrons. The molecule has 0 aliphatic carbocycles. The van der Waals surface area contributed by atoms with Gasteiger partial charge in [-0.05, 0) is 191 Å². The van der Waals surface area contributed by atoms with E-state index in [9.17, 15) is 9.59 Å². The summed E-state index contributed by atoms with van der Waals surface area (Å²) in [6.45, 7) is 11.3. The smallest absolute Gasteiger partial charge is 0.335 e. The summed E-state index contributed by atoms with van der Waals surface area (Å²) in [5.74, 6) is -0.0840. The van der Waals surface area contributed by atoms with E-state index in [-0.39, 0.29) is 0 Å². The van der Waals surface area contributed by atoms with Crippen LogP contribution in [-0.4, -0.2) is 38.5 Å². The van der Waals surface area contributed by atoms with Gasteiger partial charge in [-0.3, -0.25) is 10.0 Å². The highest BCUT2D eigenvalue weighted by atomic mass is 16.5. The van der Waals surface area contributed by atoms with E-state index >= 15 is 0 Å². The zero-order chi connectivity index (χ0) is 57.0. The fourth-order valence-electron chi connectivity index (χ4n) is 9.52. The maximum atomic E-state index is 11.8. The van der Waals surface area contributed by atoms with Crippen LogP contribution in [0.2, 0.25) is 0 Å². The van der Waals surface area contributed by atoms with Crippen LogP contribution < -0.4 is 29.3 Å². The second-order valence-electron chi connectivity index (χ2n) is 19.5. The molecule has 0 saturated carbocycles. The Morgan fingerprint density at radius 2 is 0.659 bits per heavy atom. The van der Waals surface area contributed by atoms with E-state index in [1.54, 1.807) is 24.3 Å². The number of para-hydroxylation sites is 2. The van der Waals surface area contributed by atoms with Crippen LogP contribution in [0.25, 0.3) is 33.4 Å². The molecule has 0 amide bonds. The lowest BCUT2D eigenvalue weighted by atomic mass is 9.98. The van der Waals surface area contributed by atoms with Crippen LogP contribution >= 0.6 is 0 Å². The summed E-state index contributed by atoms with van der Waals surface area (Å²) < 4.78 is 10.6. The summed E-state index contributed by atoms with van der Waals surface area (Å²) in [6, 6.07) is 82.2. The first kappa shape index (κ1) is 54.5. The molecule has 0 atom stereocenters. The molecule has 0 heterocycles. The third kappa shape index (κ3) is 13.0. The van der Waals surface area contributed by atoms with E-state index in [2.05, 4.69) is 170 Å². The van der Waals surface area contributed by atoms with Crippen molar-refractivity contribution in [3.63, 3.8) is 0 Å². The van der Waals surface area contributed by atoms with Crippen LogP contribution in [0.4, 0.5) is 45.5 Å². The number of benzene rings is 10. The lowest BCUT2D eigenvalue weighted by Crippen LogP contribution is -2.12.